The van der Waals surface area contributed by atoms with Crippen LogP contribution in [0.15, 0.2) is 0 Å². The molecule has 2 N–H and O–H groups in total. The third-order valence-corrected chi connectivity index (χ3v) is 4.53. The molecule has 1 aliphatic rings. The van der Waals surface area contributed by atoms with Crippen LogP contribution in [0, 0.1) is 0 Å². The van der Waals surface area contributed by atoms with Gasteiger partial charge in [0.15, 0.2) is 0 Å². The Morgan fingerprint density at radius 2 is 1.94 bits per heavy atom. The van der Waals surface area contributed by atoms with Crippen molar-refractivity contribution in [2.75, 3.05) is 5.75 Å². The number of hydrogen-bond acceptors (Lipinski definition) is 3. The molecule has 2 nitrogen and oxygen atoms in total. The number of aliphatic hydroxyl groups is 1. The fraction of sp³-hybridized carbons (Fsp3) is 1.00. The number of aliphatic hydroxyl groups excluding tert-OH is 1. The molecule has 1 aliphatic carbocycles. The summed E-state index contributed by atoms with van der Waals surface area (Å²) < 4.78 is 0.334. The van der Waals surface area contributed by atoms with Gasteiger partial charge < -0.3 is 10.4 Å². The molecule has 1 rings (SSSR count). The smallest absolute Gasteiger partial charge is 0.0693 e. The van der Waals surface area contributed by atoms with E-state index in [4.69, 9.17) is 0 Å². The molecule has 96 valence electrons. The van der Waals surface area contributed by atoms with E-state index < -0.39 is 0 Å². The fourth-order valence-corrected chi connectivity index (χ4v) is 2.94. The third kappa shape index (κ3) is 5.55. The molecule has 0 radical (unpaired) electrons. The van der Waals surface area contributed by atoms with Crippen LogP contribution < -0.4 is 5.32 Å². The van der Waals surface area contributed by atoms with E-state index in [-0.39, 0.29) is 6.10 Å². The lowest BCUT2D eigenvalue weighted by Gasteiger charge is -2.32. The van der Waals surface area contributed by atoms with Crippen molar-refractivity contribution in [3.8, 4) is 0 Å². The van der Waals surface area contributed by atoms with Crippen LogP contribution in [-0.4, -0.2) is 33.8 Å². The molecule has 0 bridgehead atoms. The van der Waals surface area contributed by atoms with Crippen LogP contribution in [0.1, 0.15) is 53.4 Å². The van der Waals surface area contributed by atoms with E-state index in [9.17, 15) is 5.11 Å². The van der Waals surface area contributed by atoms with Gasteiger partial charge in [-0.3, -0.25) is 0 Å². The quantitative estimate of drug-likeness (QED) is 0.799. The largest absolute Gasteiger partial charge is 0.392 e. The SMILES string of the molecule is C[C@H](CSC(C)(C)C)N[C@H]1CCCC[C@@H]1O. The minimum Gasteiger partial charge on any atom is -0.392 e. The summed E-state index contributed by atoms with van der Waals surface area (Å²) in [6.45, 7) is 8.97. The molecule has 1 saturated carbocycles. The number of hydrogen-bond donors (Lipinski definition) is 2. The maximum Gasteiger partial charge on any atom is 0.0693 e. The predicted molar refractivity (Wildman–Crippen MR) is 73.1 cm³/mol. The van der Waals surface area contributed by atoms with Crippen molar-refractivity contribution in [2.24, 2.45) is 0 Å². The van der Waals surface area contributed by atoms with Crippen molar-refractivity contribution in [1.29, 1.82) is 0 Å². The molecule has 16 heavy (non-hydrogen) atoms. The molecule has 3 atom stereocenters. The lowest BCUT2D eigenvalue weighted by molar-refractivity contribution is 0.0873. The van der Waals surface area contributed by atoms with Crippen LogP contribution in [0.5, 0.6) is 0 Å². The van der Waals surface area contributed by atoms with Gasteiger partial charge in [0.1, 0.15) is 0 Å². The van der Waals surface area contributed by atoms with Crippen molar-refractivity contribution < 1.29 is 5.11 Å². The van der Waals surface area contributed by atoms with Crippen molar-refractivity contribution in [1.82, 2.24) is 5.32 Å². The van der Waals surface area contributed by atoms with Gasteiger partial charge in [-0.15, -0.1) is 0 Å². The topological polar surface area (TPSA) is 32.3 Å². The molecule has 3 heteroatoms. The first-order valence-corrected chi connectivity index (χ1v) is 7.45. The molecule has 0 heterocycles. The van der Waals surface area contributed by atoms with E-state index in [1.54, 1.807) is 0 Å². The molecule has 0 saturated heterocycles. The first-order chi connectivity index (χ1) is 7.38. The second kappa shape index (κ2) is 6.27. The summed E-state index contributed by atoms with van der Waals surface area (Å²) in [7, 11) is 0. The number of nitrogens with one attached hydrogen (secondary N) is 1. The van der Waals surface area contributed by atoms with Crippen LogP contribution in [0.3, 0.4) is 0 Å². The summed E-state index contributed by atoms with van der Waals surface area (Å²) in [5.41, 5.74) is 0. The van der Waals surface area contributed by atoms with Crippen LogP contribution >= 0.6 is 11.8 Å². The monoisotopic (exact) mass is 245 g/mol. The molecule has 1 fully saturated rings. The van der Waals surface area contributed by atoms with Gasteiger partial charge in [-0.1, -0.05) is 33.6 Å². The van der Waals surface area contributed by atoms with E-state index in [2.05, 4.69) is 33.0 Å². The van der Waals surface area contributed by atoms with Crippen molar-refractivity contribution >= 4 is 11.8 Å². The van der Waals surface area contributed by atoms with E-state index in [1.807, 2.05) is 11.8 Å². The van der Waals surface area contributed by atoms with Crippen LogP contribution in [0.25, 0.3) is 0 Å². The minimum absolute atomic E-state index is 0.129. The van der Waals surface area contributed by atoms with E-state index in [1.165, 1.54) is 12.8 Å². The van der Waals surface area contributed by atoms with Crippen molar-refractivity contribution in [3.63, 3.8) is 0 Å². The molecule has 0 aliphatic heterocycles. The van der Waals surface area contributed by atoms with E-state index in [0.29, 0.717) is 16.8 Å². The maximum atomic E-state index is 9.88. The molecule has 0 amide bonds. The molecule has 0 unspecified atom stereocenters. The Kier molecular flexibility index (Phi) is 5.62. The van der Waals surface area contributed by atoms with Gasteiger partial charge >= 0.3 is 0 Å². The predicted octanol–water partition coefficient (Wildman–Crippen LogP) is 2.80. The lowest BCUT2D eigenvalue weighted by Crippen LogP contribution is -2.47. The van der Waals surface area contributed by atoms with Crippen LogP contribution in [0.4, 0.5) is 0 Å². The first kappa shape index (κ1) is 14.3. The zero-order valence-corrected chi connectivity index (χ0v) is 11.9. The van der Waals surface area contributed by atoms with Crippen LogP contribution in [0.2, 0.25) is 0 Å². The highest BCUT2D eigenvalue weighted by Gasteiger charge is 2.24. The van der Waals surface area contributed by atoms with Gasteiger partial charge in [-0.05, 0) is 19.8 Å². The molecular formula is C13H27NOS. The molecular weight excluding hydrogens is 218 g/mol. The second-order valence-electron chi connectivity index (χ2n) is 5.95. The zero-order chi connectivity index (χ0) is 12.2. The number of rotatable bonds is 4. The van der Waals surface area contributed by atoms with Crippen molar-refractivity contribution in [3.05, 3.63) is 0 Å². The third-order valence-electron chi connectivity index (χ3n) is 2.99. The Balaban J connectivity index is 2.24. The van der Waals surface area contributed by atoms with E-state index in [0.717, 1.165) is 18.6 Å². The number of thioether (sulfide) groups is 1. The van der Waals surface area contributed by atoms with E-state index >= 15 is 0 Å². The first-order valence-electron chi connectivity index (χ1n) is 6.46. The van der Waals surface area contributed by atoms with Gasteiger partial charge in [-0.2, -0.15) is 11.8 Å². The summed E-state index contributed by atoms with van der Waals surface area (Å²) in [5, 5.41) is 13.4. The van der Waals surface area contributed by atoms with Gasteiger partial charge in [0, 0.05) is 22.6 Å². The average molecular weight is 245 g/mol. The Labute approximate surface area is 105 Å². The average Bonchev–Trinajstić information content (AvgIpc) is 2.18. The summed E-state index contributed by atoms with van der Waals surface area (Å²) in [4.78, 5) is 0. The highest BCUT2D eigenvalue weighted by molar-refractivity contribution is 8.00. The molecule has 0 aromatic heterocycles. The molecule has 0 aromatic rings. The highest BCUT2D eigenvalue weighted by atomic mass is 32.2. The second-order valence-corrected chi connectivity index (χ2v) is 7.80. The summed E-state index contributed by atoms with van der Waals surface area (Å²) >= 11 is 1.99. The Morgan fingerprint density at radius 3 is 2.50 bits per heavy atom. The zero-order valence-electron chi connectivity index (χ0n) is 11.1. The van der Waals surface area contributed by atoms with Gasteiger partial charge in [0.2, 0.25) is 0 Å². The maximum absolute atomic E-state index is 9.88. The van der Waals surface area contributed by atoms with Gasteiger partial charge in [-0.25, -0.2) is 0 Å². The van der Waals surface area contributed by atoms with Crippen molar-refractivity contribution in [2.45, 2.75) is 76.3 Å². The molecule has 0 aromatic carbocycles. The lowest BCUT2D eigenvalue weighted by atomic mass is 9.92. The highest BCUT2D eigenvalue weighted by Crippen LogP contribution is 2.24. The molecule has 0 spiro atoms. The summed E-state index contributed by atoms with van der Waals surface area (Å²) in [6, 6.07) is 0.811. The van der Waals surface area contributed by atoms with Gasteiger partial charge in [0.25, 0.3) is 0 Å². The van der Waals surface area contributed by atoms with Crippen LogP contribution in [-0.2, 0) is 0 Å². The fourth-order valence-electron chi connectivity index (χ4n) is 2.09. The standard InChI is InChI=1S/C13H27NOS/c1-10(9-16-13(2,3)4)14-11-7-5-6-8-12(11)15/h10-12,14-15H,5-9H2,1-4H3/t10-,11+,12+/m1/s1. The Morgan fingerprint density at radius 1 is 1.31 bits per heavy atom. The van der Waals surface area contributed by atoms with Gasteiger partial charge in [0.05, 0.1) is 6.10 Å². The Hall–Kier alpha value is 0.270. The summed E-state index contributed by atoms with van der Waals surface area (Å²) in [5.74, 6) is 1.12. The normalized spacial score (nSPS) is 29.1. The Bertz CT molecular complexity index is 203. The summed E-state index contributed by atoms with van der Waals surface area (Å²) in [6.07, 6.45) is 4.41. The minimum atomic E-state index is -0.129.